The third-order valence-electron chi connectivity index (χ3n) is 4.10. The maximum absolute atomic E-state index is 11.8. The summed E-state index contributed by atoms with van der Waals surface area (Å²) in [6.45, 7) is 5.07. The maximum Gasteiger partial charge on any atom is 0.243 e. The lowest BCUT2D eigenvalue weighted by Gasteiger charge is -2.31. The van der Waals surface area contributed by atoms with Gasteiger partial charge in [0.1, 0.15) is 6.54 Å². The first-order chi connectivity index (χ1) is 10.4. The summed E-state index contributed by atoms with van der Waals surface area (Å²) in [7, 11) is 5.17. The van der Waals surface area contributed by atoms with Gasteiger partial charge in [-0.15, -0.1) is 24.0 Å². The fraction of sp³-hybridized carbons (Fsp3) is 0.875. The molecule has 0 spiro atoms. The largest absolute Gasteiger partial charge is 0.383 e. The minimum Gasteiger partial charge on any atom is -0.383 e. The number of nitrogens with zero attached hydrogens (tertiary/aromatic N) is 2. The van der Waals surface area contributed by atoms with Crippen molar-refractivity contribution in [2.75, 3.05) is 34.4 Å². The van der Waals surface area contributed by atoms with E-state index in [1.54, 1.807) is 26.1 Å². The molecular formula is C16H33IN4O2. The van der Waals surface area contributed by atoms with Crippen LogP contribution in [0, 0.1) is 5.92 Å². The normalized spacial score (nSPS) is 22.7. The zero-order valence-corrected chi connectivity index (χ0v) is 17.4. The first-order valence-electron chi connectivity index (χ1n) is 8.20. The van der Waals surface area contributed by atoms with Crippen LogP contribution < -0.4 is 10.6 Å². The molecule has 0 radical (unpaired) electrons. The van der Waals surface area contributed by atoms with Crippen molar-refractivity contribution in [3.05, 3.63) is 0 Å². The van der Waals surface area contributed by atoms with Gasteiger partial charge in [0.25, 0.3) is 0 Å². The highest BCUT2D eigenvalue weighted by Gasteiger charge is 2.22. The molecule has 1 fully saturated rings. The second-order valence-corrected chi connectivity index (χ2v) is 6.47. The van der Waals surface area contributed by atoms with Crippen molar-refractivity contribution < 1.29 is 9.53 Å². The van der Waals surface area contributed by atoms with E-state index in [0.29, 0.717) is 24.5 Å². The summed E-state index contributed by atoms with van der Waals surface area (Å²) >= 11 is 0. The van der Waals surface area contributed by atoms with Gasteiger partial charge < -0.3 is 20.3 Å². The second kappa shape index (κ2) is 11.9. The van der Waals surface area contributed by atoms with Crippen LogP contribution in [-0.4, -0.2) is 63.2 Å². The highest BCUT2D eigenvalue weighted by atomic mass is 127. The van der Waals surface area contributed by atoms with Gasteiger partial charge in [0, 0.05) is 33.3 Å². The van der Waals surface area contributed by atoms with Gasteiger partial charge in [-0.3, -0.25) is 4.79 Å². The number of hydrogen-bond donors (Lipinski definition) is 2. The van der Waals surface area contributed by atoms with Crippen LogP contribution in [0.5, 0.6) is 0 Å². The standard InChI is InChI=1S/C16H32N4O2.HI/c1-12-8-6-7-9-14(12)19-16(18-13(2)11-22-5)17-10-15(21)20(3)4;/h12-14H,6-11H2,1-5H3,(H2,17,18,19);1H. The lowest BCUT2D eigenvalue weighted by molar-refractivity contribution is -0.127. The van der Waals surface area contributed by atoms with Crippen LogP contribution in [0.3, 0.4) is 0 Å². The van der Waals surface area contributed by atoms with Gasteiger partial charge in [-0.25, -0.2) is 4.99 Å². The van der Waals surface area contributed by atoms with Gasteiger partial charge in [-0.1, -0.05) is 19.8 Å². The van der Waals surface area contributed by atoms with Crippen LogP contribution in [0.2, 0.25) is 0 Å². The summed E-state index contributed by atoms with van der Waals surface area (Å²) in [4.78, 5) is 17.8. The van der Waals surface area contributed by atoms with Crippen molar-refractivity contribution in [3.63, 3.8) is 0 Å². The molecule has 0 heterocycles. The molecule has 0 aromatic rings. The number of hydrogen-bond acceptors (Lipinski definition) is 3. The van der Waals surface area contributed by atoms with Crippen molar-refractivity contribution in [2.24, 2.45) is 10.9 Å². The van der Waals surface area contributed by atoms with Crippen LogP contribution >= 0.6 is 24.0 Å². The van der Waals surface area contributed by atoms with Gasteiger partial charge >= 0.3 is 0 Å². The van der Waals surface area contributed by atoms with E-state index in [2.05, 4.69) is 22.5 Å². The first-order valence-corrected chi connectivity index (χ1v) is 8.20. The molecule has 2 N–H and O–H groups in total. The minimum atomic E-state index is -0.00260. The molecular weight excluding hydrogens is 407 g/mol. The third-order valence-corrected chi connectivity index (χ3v) is 4.10. The summed E-state index contributed by atoms with van der Waals surface area (Å²) < 4.78 is 5.16. The molecule has 0 bridgehead atoms. The summed E-state index contributed by atoms with van der Waals surface area (Å²) in [5.74, 6) is 1.33. The van der Waals surface area contributed by atoms with Crippen LogP contribution in [-0.2, 0) is 9.53 Å². The zero-order valence-electron chi connectivity index (χ0n) is 15.1. The summed E-state index contributed by atoms with van der Waals surface area (Å²) in [5, 5.41) is 6.83. The number of rotatable bonds is 6. The van der Waals surface area contributed by atoms with Gasteiger partial charge in [0.05, 0.1) is 6.61 Å². The van der Waals surface area contributed by atoms with Crippen LogP contribution in [0.1, 0.15) is 39.5 Å². The zero-order chi connectivity index (χ0) is 16.5. The van der Waals surface area contributed by atoms with E-state index in [-0.39, 0.29) is 42.5 Å². The van der Waals surface area contributed by atoms with Crippen LogP contribution in [0.15, 0.2) is 4.99 Å². The van der Waals surface area contributed by atoms with Gasteiger partial charge in [-0.2, -0.15) is 0 Å². The Labute approximate surface area is 157 Å². The first kappa shape index (κ1) is 22.4. The average molecular weight is 440 g/mol. The molecule has 136 valence electrons. The van der Waals surface area contributed by atoms with E-state index in [0.717, 1.165) is 6.42 Å². The maximum atomic E-state index is 11.8. The smallest absolute Gasteiger partial charge is 0.243 e. The lowest BCUT2D eigenvalue weighted by Crippen LogP contribution is -2.50. The number of aliphatic imine (C=N–C) groups is 1. The van der Waals surface area contributed by atoms with Crippen molar-refractivity contribution in [2.45, 2.75) is 51.6 Å². The topological polar surface area (TPSA) is 66.0 Å². The van der Waals surface area contributed by atoms with Crippen molar-refractivity contribution >= 4 is 35.8 Å². The van der Waals surface area contributed by atoms with E-state index >= 15 is 0 Å². The number of amides is 1. The average Bonchev–Trinajstić information content (AvgIpc) is 2.46. The molecule has 23 heavy (non-hydrogen) atoms. The Bertz CT molecular complexity index is 377. The number of guanidine groups is 1. The molecule has 7 heteroatoms. The molecule has 3 unspecified atom stereocenters. The van der Waals surface area contributed by atoms with Crippen molar-refractivity contribution in [1.82, 2.24) is 15.5 Å². The Balaban J connectivity index is 0.00000484. The van der Waals surface area contributed by atoms with Gasteiger partial charge in [-0.05, 0) is 25.7 Å². The number of carbonyl (C=O) groups excluding carboxylic acids is 1. The van der Waals surface area contributed by atoms with E-state index in [4.69, 9.17) is 4.74 Å². The fourth-order valence-corrected chi connectivity index (χ4v) is 2.65. The van der Waals surface area contributed by atoms with E-state index < -0.39 is 0 Å². The lowest BCUT2D eigenvalue weighted by atomic mass is 9.86. The molecule has 1 aliphatic rings. The fourth-order valence-electron chi connectivity index (χ4n) is 2.65. The SMILES string of the molecule is COCC(C)NC(=NCC(=O)N(C)C)NC1CCCCC1C.I. The Hall–Kier alpha value is -0.570. The predicted molar refractivity (Wildman–Crippen MR) is 105 cm³/mol. The molecule has 0 aromatic heterocycles. The Kier molecular flexibility index (Phi) is 11.6. The van der Waals surface area contributed by atoms with Gasteiger partial charge in [0.2, 0.25) is 5.91 Å². The molecule has 6 nitrogen and oxygen atoms in total. The van der Waals surface area contributed by atoms with Crippen molar-refractivity contribution in [1.29, 1.82) is 0 Å². The monoisotopic (exact) mass is 440 g/mol. The summed E-state index contributed by atoms with van der Waals surface area (Å²) in [6.07, 6.45) is 4.95. The third kappa shape index (κ3) is 8.74. The summed E-state index contributed by atoms with van der Waals surface area (Å²) in [6, 6.07) is 0.564. The summed E-state index contributed by atoms with van der Waals surface area (Å²) in [5.41, 5.74) is 0. The Morgan fingerprint density at radius 2 is 2.00 bits per heavy atom. The van der Waals surface area contributed by atoms with Crippen LogP contribution in [0.4, 0.5) is 0 Å². The Morgan fingerprint density at radius 3 is 2.57 bits per heavy atom. The minimum absolute atomic E-state index is 0. The van der Waals surface area contributed by atoms with Crippen molar-refractivity contribution in [3.8, 4) is 0 Å². The number of methoxy groups -OCH3 is 1. The Morgan fingerprint density at radius 1 is 1.35 bits per heavy atom. The van der Waals surface area contributed by atoms with Gasteiger partial charge in [0.15, 0.2) is 5.96 Å². The molecule has 1 saturated carbocycles. The van der Waals surface area contributed by atoms with E-state index in [1.165, 1.54) is 19.3 Å². The molecule has 1 rings (SSSR count). The molecule has 1 amide bonds. The molecule has 3 atom stereocenters. The number of ether oxygens (including phenoxy) is 1. The number of nitrogens with one attached hydrogen (secondary N) is 2. The molecule has 0 aliphatic heterocycles. The quantitative estimate of drug-likeness (QED) is 0.376. The molecule has 0 aromatic carbocycles. The van der Waals surface area contributed by atoms with Crippen LogP contribution in [0.25, 0.3) is 0 Å². The number of carbonyl (C=O) groups is 1. The molecule has 0 saturated heterocycles. The second-order valence-electron chi connectivity index (χ2n) is 6.47. The number of likely N-dealkylation sites (N-methyl/N-ethyl adjacent to an activating group) is 1. The number of halogens is 1. The van der Waals surface area contributed by atoms with E-state index in [1.807, 2.05) is 6.92 Å². The predicted octanol–water partition coefficient (Wildman–Crippen LogP) is 1.84. The highest BCUT2D eigenvalue weighted by molar-refractivity contribution is 14.0. The van der Waals surface area contributed by atoms with E-state index in [9.17, 15) is 4.79 Å². The molecule has 1 aliphatic carbocycles. The highest BCUT2D eigenvalue weighted by Crippen LogP contribution is 2.23.